The Morgan fingerprint density at radius 1 is 0.871 bits per heavy atom. The second kappa shape index (κ2) is 28.5. The Kier molecular flexibility index (Phi) is 23.0. The van der Waals surface area contributed by atoms with E-state index in [2.05, 4.69) is 22.2 Å². The van der Waals surface area contributed by atoms with Gasteiger partial charge in [-0.15, -0.1) is 0 Å². The topological polar surface area (TPSA) is 497 Å². The Bertz CT molecular complexity index is 3600. The van der Waals surface area contributed by atoms with E-state index in [1.54, 1.807) is 38.6 Å². The Morgan fingerprint density at radius 3 is 2.02 bits per heavy atom. The number of imidazole rings is 1. The number of aromatic nitrogens is 2. The van der Waals surface area contributed by atoms with Gasteiger partial charge in [0.2, 0.25) is 36.2 Å². The number of aliphatic hydroxyl groups excluding tert-OH is 2. The number of benzene rings is 1. The Labute approximate surface area is 551 Å². The van der Waals surface area contributed by atoms with E-state index in [1.807, 2.05) is 59.8 Å². The van der Waals surface area contributed by atoms with Crippen molar-refractivity contribution in [3.8, 4) is 6.57 Å². The molecule has 30 heteroatoms. The number of aliphatic imine (C=N–C) groups is 3. The summed E-state index contributed by atoms with van der Waals surface area (Å²) in [4.78, 5) is 86.0. The molecule has 8 bridgehead atoms. The van der Waals surface area contributed by atoms with Crippen molar-refractivity contribution in [1.82, 2.24) is 15.6 Å². The number of aromatic amines is 1. The number of nitriles is 1. The van der Waals surface area contributed by atoms with Crippen LogP contribution in [0.15, 0.2) is 67.8 Å². The number of nitrogens with two attached hydrogens (primary N) is 3. The average Bonchev–Trinajstić information content (AvgIpc) is 1.53. The number of amides is 4. The number of rotatable bonds is 26. The van der Waals surface area contributed by atoms with Gasteiger partial charge in [-0.1, -0.05) is 34.6 Å². The van der Waals surface area contributed by atoms with E-state index in [0.717, 1.165) is 16.6 Å². The van der Waals surface area contributed by atoms with Crippen molar-refractivity contribution in [2.45, 2.75) is 189 Å². The summed E-state index contributed by atoms with van der Waals surface area (Å²) in [5.74, 6) is -8.24. The molecule has 7 heterocycles. The van der Waals surface area contributed by atoms with E-state index in [0.29, 0.717) is 50.9 Å². The maximum Gasteiger partial charge on any atom is 2.00 e. The van der Waals surface area contributed by atoms with Crippen LogP contribution in [0.4, 0.5) is 0 Å². The van der Waals surface area contributed by atoms with Crippen LogP contribution in [0.5, 0.6) is 0 Å². The summed E-state index contributed by atoms with van der Waals surface area (Å²) in [5, 5.41) is 96.7. The molecule has 8 rings (SSSR count). The van der Waals surface area contributed by atoms with Crippen molar-refractivity contribution in [1.29, 1.82) is 21.5 Å². The number of H-pyrrole nitrogens is 1. The molecule has 2 fully saturated rings. The normalized spacial score (nSPS) is 31.6. The zero-order valence-corrected chi connectivity index (χ0v) is 56.4. The van der Waals surface area contributed by atoms with Gasteiger partial charge in [-0.25, -0.2) is 14.8 Å². The molecule has 15 N–H and O–H groups in total. The number of hydrogen-bond acceptors (Lipinski definition) is 21. The van der Waals surface area contributed by atoms with Crippen LogP contribution in [-0.2, 0) is 54.3 Å². The first-order chi connectivity index (χ1) is 42.8. The third kappa shape index (κ3) is 14.6. The largest absolute Gasteiger partial charge is 2.00 e. The van der Waals surface area contributed by atoms with Crippen LogP contribution < -0.4 is 47.7 Å². The number of fused-ring (bicyclic) bond motifs is 7. The molecule has 2 aromatic rings. The quantitative estimate of drug-likeness (QED) is 0.0278. The van der Waals surface area contributed by atoms with Gasteiger partial charge in [-0.3, -0.25) is 43.2 Å². The van der Waals surface area contributed by atoms with Gasteiger partial charge < -0.3 is 79.2 Å². The molecule has 15 atom stereocenters. The van der Waals surface area contributed by atoms with Crippen molar-refractivity contribution >= 4 is 77.3 Å². The molecule has 0 saturated carbocycles. The molecule has 1 aromatic carbocycles. The predicted molar refractivity (Wildman–Crippen MR) is 335 cm³/mol. The maximum absolute atomic E-state index is 14.4. The van der Waals surface area contributed by atoms with Crippen LogP contribution in [0, 0.1) is 87.2 Å². The number of aryl methyl sites for hydroxylation is 2. The minimum absolute atomic E-state index is 0. The molecular weight excluding hydrogens is 1270 g/mol. The molecule has 1 unspecified atom stereocenters. The first-order valence-electron chi connectivity index (χ1n) is 30.8. The molecule has 0 spiro atoms. The average molecular weight is 1360 g/mol. The maximum atomic E-state index is 14.4. The molecule has 6 aliphatic heterocycles. The molecule has 6 aliphatic rings. The zero-order chi connectivity index (χ0) is 68.7. The van der Waals surface area contributed by atoms with E-state index < -0.39 is 143 Å². The van der Waals surface area contributed by atoms with Crippen LogP contribution in [0.25, 0.3) is 11.0 Å². The molecule has 1 aromatic heterocycles. The van der Waals surface area contributed by atoms with E-state index in [-0.39, 0.29) is 94.0 Å². The Hall–Kier alpha value is -7.00. The van der Waals surface area contributed by atoms with Crippen molar-refractivity contribution < 1.29 is 89.3 Å². The van der Waals surface area contributed by atoms with Crippen molar-refractivity contribution in [2.24, 2.45) is 77.5 Å². The van der Waals surface area contributed by atoms with E-state index >= 15 is 0 Å². The Balaban J connectivity index is 0.00000453. The summed E-state index contributed by atoms with van der Waals surface area (Å²) in [6.45, 7) is 22.5. The number of ether oxygens (including phenoxy) is 1. The summed E-state index contributed by atoms with van der Waals surface area (Å²) in [6.07, 6.45) is -4.86. The molecule has 4 amide bonds. The smallest absolute Gasteiger partial charge is 0.862 e. The van der Waals surface area contributed by atoms with Crippen LogP contribution in [0.1, 0.15) is 150 Å². The standard InChI is InChI=1S/C62H90N13O14P.CHN.Co/c1-29-20-39-40(21-30(29)2)75(28-70-39)57-52(84)53(41(27-76)87-57)89-90(85,86)88-31(3)26-69-49(83)18-19-59(8)37(22-46(66)80)56-62(11)61(10,25-48(68)82)36(14-17-45(65)79)51(74-62)33(5)55-60(9,24-47(67)81)34(12-15-43(63)77)38(71-55)23-42-58(6,7)35(13-16-44(64)78)50(72-42)32(4)54(59)73-56;1-2;/h20-21,23,28,31,34-37,41,52-53,56-57,76,84H,12-19,22,24-27H2,1-11H3,(H15,63,64,65,66,67,68,69,71,72,73,74,77,78,79,80,81,82,83,85,86);1H;/q;;+2/p-2/t31-,34-,35-,36-,37+,41-,52-,53-,56-,57+,59-,60+,61+,62+;;/m1../s1. The number of phosphoric acid groups is 1. The molecule has 509 valence electrons. The molecule has 2 saturated heterocycles. The summed E-state index contributed by atoms with van der Waals surface area (Å²) in [6, 6.07) is 2.74. The summed E-state index contributed by atoms with van der Waals surface area (Å²) in [7, 11) is -5.07. The van der Waals surface area contributed by atoms with Crippen molar-refractivity contribution in [3.63, 3.8) is 0 Å². The third-order valence-corrected chi connectivity index (χ3v) is 21.7. The second-order valence-electron chi connectivity index (χ2n) is 27.0. The van der Waals surface area contributed by atoms with Crippen LogP contribution in [-0.4, -0.2) is 128 Å². The van der Waals surface area contributed by atoms with Crippen LogP contribution >= 0.6 is 7.82 Å². The summed E-state index contributed by atoms with van der Waals surface area (Å²) in [5.41, 5.74) is 19.4. The van der Waals surface area contributed by atoms with Gasteiger partial charge in [-0.2, -0.15) is 4.57 Å². The minimum atomic E-state index is -5.07. The number of nitrogens with one attached hydrogen (secondary N) is 6. The van der Waals surface area contributed by atoms with E-state index in [4.69, 9.17) is 67.5 Å². The molecular formula is C63H89CoN14O14P. The number of nitrogens with zero attached hydrogens (tertiary/aromatic N) is 5. The number of carbonyl (C=O) groups excluding carboxylic acids is 4. The first kappa shape index (κ1) is 75.0. The van der Waals surface area contributed by atoms with Gasteiger partial charge in [0.25, 0.3) is 0 Å². The number of allylic oxidation sites excluding steroid dienone is 6. The van der Waals surface area contributed by atoms with Crippen molar-refractivity contribution in [3.05, 3.63) is 63.9 Å². The molecule has 93 heavy (non-hydrogen) atoms. The third-order valence-electron chi connectivity index (χ3n) is 20.6. The SMILES string of the molecule is C#N.CC1=C2N=C(/C=C3\NC(=C(C)C4=N[C@@](C)([C@@H]5N=C1[C@](C)(CCC(=O)NC[C@@H](C)OP(=O)(O)O[C@H]1[C@@H](O)[C@@H]([n+]6c[nH]c7cc(C)c(C)cc76)O[C@@H]1CO)[C@H]5CC(N)=O)[C@@](C)(CC(N)=O)[C@@H]4CCC(=N)[O-])[C@@](C)(CC(N)=O)[C@@H]3CCC(=N)[O-])C(C)(C)[C@@H]2CCC(=N)[O-].[Co+2]. The van der Waals surface area contributed by atoms with E-state index in [1.165, 1.54) is 6.92 Å². The Morgan fingerprint density at radius 2 is 1.45 bits per heavy atom. The minimum Gasteiger partial charge on any atom is -0.862 e. The molecule has 0 aliphatic carbocycles. The monoisotopic (exact) mass is 1360 g/mol. The second-order valence-corrected chi connectivity index (χ2v) is 28.4. The van der Waals surface area contributed by atoms with Crippen LogP contribution in [0.2, 0.25) is 0 Å². The molecule has 1 radical (unpaired) electrons. The first-order valence-corrected chi connectivity index (χ1v) is 32.3. The van der Waals surface area contributed by atoms with Gasteiger partial charge in [0.05, 0.1) is 24.3 Å². The fraction of sp³-hybridized carbons (Fsp3) is 0.619. The summed E-state index contributed by atoms with van der Waals surface area (Å²) < 4.78 is 32.3. The van der Waals surface area contributed by atoms with E-state index in [9.17, 15) is 54.2 Å². The van der Waals surface area contributed by atoms with Gasteiger partial charge in [0.15, 0.2) is 11.0 Å². The van der Waals surface area contributed by atoms with Gasteiger partial charge in [0, 0.05) is 118 Å². The van der Waals surface area contributed by atoms with Crippen LogP contribution in [0.3, 0.4) is 0 Å². The molecule has 28 nitrogen and oxygen atoms in total. The fourth-order valence-electron chi connectivity index (χ4n) is 15.5. The van der Waals surface area contributed by atoms with Gasteiger partial charge in [0.1, 0.15) is 18.3 Å². The predicted octanol–water partition coefficient (Wildman–Crippen LogP) is 2.28. The zero-order valence-electron chi connectivity index (χ0n) is 54.4. The number of aliphatic hydroxyl groups is 2. The number of carbonyl (C=O) groups is 4. The van der Waals surface area contributed by atoms with Gasteiger partial charge >= 0.3 is 24.6 Å². The number of phosphoric ester groups is 1. The van der Waals surface area contributed by atoms with Crippen molar-refractivity contribution in [2.75, 3.05) is 13.2 Å². The number of primary amides is 3. The summed E-state index contributed by atoms with van der Waals surface area (Å²) >= 11 is 0. The number of hydrogen-bond donors (Lipinski definition) is 12. The fourth-order valence-corrected chi connectivity index (χ4v) is 16.6. The van der Waals surface area contributed by atoms with Gasteiger partial charge in [-0.05, 0) is 145 Å².